The van der Waals surface area contributed by atoms with Gasteiger partial charge in [-0.05, 0) is 51.4 Å². The summed E-state index contributed by atoms with van der Waals surface area (Å²) in [6.45, 7) is 9.91. The van der Waals surface area contributed by atoms with Crippen LogP contribution in [0.25, 0.3) is 0 Å². The fourth-order valence-corrected chi connectivity index (χ4v) is 8.00. The molecule has 0 spiro atoms. The normalized spacial score (nSPS) is 19.5. The van der Waals surface area contributed by atoms with Crippen LogP contribution in [0.3, 0.4) is 0 Å². The van der Waals surface area contributed by atoms with E-state index in [-0.39, 0.29) is 41.8 Å². The molecule has 0 radical (unpaired) electrons. The number of allylic oxidation sites excluding steroid dienone is 3. The Morgan fingerprint density at radius 1 is 1.05 bits per heavy atom. The monoisotopic (exact) mass is 625 g/mol. The zero-order chi connectivity index (χ0) is 31.9. The van der Waals surface area contributed by atoms with E-state index in [1.807, 2.05) is 32.0 Å². The summed E-state index contributed by atoms with van der Waals surface area (Å²) in [7, 11) is -1.75. The number of carbonyl (C=O) groups excluding carboxylic acids is 1. The lowest BCUT2D eigenvalue weighted by molar-refractivity contribution is -0.384. The number of unbranched alkanes of at least 4 members (excludes halogenated alkanes) is 3. The van der Waals surface area contributed by atoms with Crippen molar-refractivity contribution in [2.24, 2.45) is 5.41 Å². The molecule has 44 heavy (non-hydrogen) atoms. The van der Waals surface area contributed by atoms with Gasteiger partial charge in [-0.1, -0.05) is 69.2 Å². The first-order chi connectivity index (χ1) is 20.9. The predicted molar refractivity (Wildman–Crippen MR) is 170 cm³/mol. The molecular weight excluding hydrogens is 581 g/mol. The summed E-state index contributed by atoms with van der Waals surface area (Å²) in [6, 6.07) is 16.4. The van der Waals surface area contributed by atoms with Gasteiger partial charge in [-0.3, -0.25) is 14.7 Å². The lowest BCUT2D eigenvalue weighted by Crippen LogP contribution is -2.34. The number of nitrogens with one attached hydrogen (secondary N) is 1. The van der Waals surface area contributed by atoms with Crippen molar-refractivity contribution >= 4 is 19.3 Å². The molecule has 11 heteroatoms. The zero-order valence-corrected chi connectivity index (χ0v) is 27.2. The number of carbonyl (C=O) groups is 1. The molecule has 1 fully saturated rings. The Hall–Kier alpha value is -3.30. The third kappa shape index (κ3) is 8.45. The van der Waals surface area contributed by atoms with Crippen molar-refractivity contribution in [3.63, 3.8) is 0 Å². The molecule has 2 aliphatic rings. The van der Waals surface area contributed by atoms with Gasteiger partial charge in [0.05, 0.1) is 41.5 Å². The lowest BCUT2D eigenvalue weighted by Gasteiger charge is -2.39. The first-order valence-electron chi connectivity index (χ1n) is 15.1. The first kappa shape index (κ1) is 33.6. The smallest absolute Gasteiger partial charge is 0.360 e. The number of nitro benzene ring substituents is 1. The van der Waals surface area contributed by atoms with E-state index in [4.69, 9.17) is 13.8 Å². The van der Waals surface area contributed by atoms with Crippen LogP contribution in [0.1, 0.15) is 70.4 Å². The van der Waals surface area contributed by atoms with Crippen LogP contribution in [-0.2, 0) is 29.7 Å². The van der Waals surface area contributed by atoms with Crippen LogP contribution in [0, 0.1) is 15.5 Å². The molecule has 2 heterocycles. The summed E-state index contributed by atoms with van der Waals surface area (Å²) in [5.41, 5.74) is 2.54. The summed E-state index contributed by atoms with van der Waals surface area (Å²) in [6.07, 6.45) is 3.67. The van der Waals surface area contributed by atoms with E-state index in [1.165, 1.54) is 17.7 Å². The Bertz CT molecular complexity index is 1440. The second-order valence-corrected chi connectivity index (χ2v) is 14.4. The molecule has 1 saturated heterocycles. The molecule has 4 rings (SSSR count). The van der Waals surface area contributed by atoms with E-state index < -0.39 is 24.4 Å². The maximum absolute atomic E-state index is 14.2. The molecule has 0 aliphatic carbocycles. The van der Waals surface area contributed by atoms with E-state index >= 15 is 0 Å². The van der Waals surface area contributed by atoms with Gasteiger partial charge in [0.25, 0.3) is 5.69 Å². The minimum Gasteiger partial charge on any atom is -0.462 e. The summed E-state index contributed by atoms with van der Waals surface area (Å²) in [5, 5.41) is 15.1. The quantitative estimate of drug-likeness (QED) is 0.0804. The van der Waals surface area contributed by atoms with E-state index in [9.17, 15) is 19.5 Å². The Morgan fingerprint density at radius 2 is 1.73 bits per heavy atom. The van der Waals surface area contributed by atoms with Crippen molar-refractivity contribution in [3.8, 4) is 0 Å². The van der Waals surface area contributed by atoms with Gasteiger partial charge in [-0.25, -0.2) is 4.79 Å². The highest BCUT2D eigenvalue weighted by atomic mass is 31.2. The van der Waals surface area contributed by atoms with Crippen molar-refractivity contribution in [2.45, 2.75) is 65.8 Å². The summed E-state index contributed by atoms with van der Waals surface area (Å²) < 4.78 is 31.8. The minimum absolute atomic E-state index is 0.136. The Kier molecular flexibility index (Phi) is 11.2. The predicted octanol–water partition coefficient (Wildman–Crippen LogP) is 7.29. The molecule has 0 bridgehead atoms. The molecule has 0 saturated carbocycles. The van der Waals surface area contributed by atoms with Crippen molar-refractivity contribution in [1.29, 1.82) is 0 Å². The van der Waals surface area contributed by atoms with Crippen LogP contribution < -0.4 is 5.32 Å². The largest absolute Gasteiger partial charge is 0.462 e. The number of nitro groups is 1. The van der Waals surface area contributed by atoms with E-state index in [0.717, 1.165) is 32.4 Å². The minimum atomic E-state index is -3.86. The van der Waals surface area contributed by atoms with Crippen molar-refractivity contribution in [3.05, 3.63) is 98.1 Å². The first-order valence-corrected chi connectivity index (χ1v) is 16.7. The molecular formula is C33H44N3O7P. The molecule has 10 nitrogen and oxygen atoms in total. The average molecular weight is 626 g/mol. The van der Waals surface area contributed by atoms with Gasteiger partial charge in [0.15, 0.2) is 0 Å². The maximum Gasteiger partial charge on any atom is 0.360 e. The molecule has 2 aromatic carbocycles. The van der Waals surface area contributed by atoms with Crippen LogP contribution in [0.4, 0.5) is 5.69 Å². The van der Waals surface area contributed by atoms with Crippen molar-refractivity contribution in [1.82, 2.24) is 10.2 Å². The van der Waals surface area contributed by atoms with Gasteiger partial charge < -0.3 is 24.0 Å². The third-order valence-corrected chi connectivity index (χ3v) is 9.99. The van der Waals surface area contributed by atoms with Crippen LogP contribution in [-0.4, -0.2) is 49.2 Å². The Balaban J connectivity index is 1.43. The summed E-state index contributed by atoms with van der Waals surface area (Å²) in [5.74, 6) is -1.47. The standard InChI is InChI=1S/C33H44N3O7P/c1-24-29(32(37)41-19-12-7-6-11-18-35(5)21-26-14-9-8-10-15-26)30(27-16-13-17-28(20-27)36(38)39)31(25(2)34-24)44(40)42-22-33(3,4)23-43-44/h8-10,13-17,20,30,34H,6-7,11-12,18-19,21-23H2,1-5H3. The number of rotatable bonds is 13. The SMILES string of the molecule is CC1=C(C(=O)OCCCCCCN(C)Cc2ccccc2)C(c2cccc([N+](=O)[O-])c2)C(P2(=O)OCC(C)(C)CO2)=C(C)N1. The summed E-state index contributed by atoms with van der Waals surface area (Å²) >= 11 is 0. The molecule has 238 valence electrons. The van der Waals surface area contributed by atoms with Crippen LogP contribution in [0.2, 0.25) is 0 Å². The highest BCUT2D eigenvalue weighted by Gasteiger charge is 2.48. The van der Waals surface area contributed by atoms with Crippen molar-refractivity contribution < 1.29 is 28.1 Å². The number of non-ortho nitro benzene ring substituents is 1. The zero-order valence-electron chi connectivity index (χ0n) is 26.3. The maximum atomic E-state index is 14.2. The topological polar surface area (TPSA) is 120 Å². The van der Waals surface area contributed by atoms with Crippen LogP contribution in [0.15, 0.2) is 76.9 Å². The van der Waals surface area contributed by atoms with Gasteiger partial charge in [0.1, 0.15) is 0 Å². The summed E-state index contributed by atoms with van der Waals surface area (Å²) in [4.78, 5) is 27.1. The Morgan fingerprint density at radius 3 is 2.41 bits per heavy atom. The molecule has 2 aromatic rings. The van der Waals surface area contributed by atoms with E-state index in [1.54, 1.807) is 26.0 Å². The number of nitrogens with zero attached hydrogens (tertiary/aromatic N) is 2. The highest BCUT2D eigenvalue weighted by Crippen LogP contribution is 2.66. The molecule has 1 unspecified atom stereocenters. The van der Waals surface area contributed by atoms with E-state index in [2.05, 4.69) is 29.4 Å². The number of hydrogen-bond acceptors (Lipinski definition) is 9. The number of esters is 1. The second-order valence-electron chi connectivity index (χ2n) is 12.4. The van der Waals surface area contributed by atoms with Crippen molar-refractivity contribution in [2.75, 3.05) is 33.4 Å². The molecule has 1 atom stereocenters. The lowest BCUT2D eigenvalue weighted by atomic mass is 9.86. The number of dihydropyridines is 1. The number of benzene rings is 2. The van der Waals surface area contributed by atoms with Crippen LogP contribution in [0.5, 0.6) is 0 Å². The fourth-order valence-electron chi connectivity index (χ4n) is 5.55. The van der Waals surface area contributed by atoms with Gasteiger partial charge in [-0.2, -0.15) is 0 Å². The molecule has 0 aromatic heterocycles. The fraction of sp³-hybridized carbons (Fsp3) is 0.485. The highest BCUT2D eigenvalue weighted by molar-refractivity contribution is 7.58. The molecule has 2 aliphatic heterocycles. The second kappa shape index (κ2) is 14.7. The van der Waals surface area contributed by atoms with Crippen LogP contribution >= 0.6 is 7.60 Å². The average Bonchev–Trinajstić information content (AvgIpc) is 2.98. The number of hydrogen-bond donors (Lipinski definition) is 1. The van der Waals surface area contributed by atoms with Gasteiger partial charge >= 0.3 is 13.6 Å². The third-order valence-electron chi connectivity index (χ3n) is 7.87. The Labute approximate surface area is 260 Å². The molecule has 0 amide bonds. The van der Waals surface area contributed by atoms with Gasteiger partial charge in [0, 0.05) is 35.5 Å². The number of ether oxygens (including phenoxy) is 1. The van der Waals surface area contributed by atoms with E-state index in [0.29, 0.717) is 23.4 Å². The van der Waals surface area contributed by atoms with Gasteiger partial charge in [-0.15, -0.1) is 0 Å². The van der Waals surface area contributed by atoms with Gasteiger partial charge in [0.2, 0.25) is 0 Å². The molecule has 1 N–H and O–H groups in total.